The molecular weight excluding hydrogens is 397 g/mol. The molecule has 2 rings (SSSR count). The van der Waals surface area contributed by atoms with Crippen molar-refractivity contribution in [1.29, 1.82) is 0 Å². The Kier molecular flexibility index (Phi) is 7.14. The Labute approximate surface area is 171 Å². The maximum absolute atomic E-state index is 13.0. The van der Waals surface area contributed by atoms with Crippen LogP contribution in [0.25, 0.3) is 0 Å². The third kappa shape index (κ3) is 5.59. The molecule has 2 N–H and O–H groups in total. The zero-order chi connectivity index (χ0) is 21.9. The average Bonchev–Trinajstić information content (AvgIpc) is 2.59. The summed E-state index contributed by atoms with van der Waals surface area (Å²) in [6, 6.07) is 5.11. The minimum absolute atomic E-state index is 0.102. The molecule has 1 amide bonds. The fraction of sp³-hybridized carbons (Fsp3) is 0.600. The third-order valence-electron chi connectivity index (χ3n) is 4.57. The molecule has 0 spiro atoms. The Morgan fingerprint density at radius 1 is 1.17 bits per heavy atom. The monoisotopic (exact) mass is 427 g/mol. The zero-order valence-electron chi connectivity index (χ0n) is 17.6. The molecule has 1 aliphatic rings. The molecule has 1 aromatic carbocycles. The van der Waals surface area contributed by atoms with Gasteiger partial charge >= 0.3 is 19.7 Å². The van der Waals surface area contributed by atoms with E-state index in [0.717, 1.165) is 11.1 Å². The molecule has 1 aliphatic carbocycles. The van der Waals surface area contributed by atoms with Crippen molar-refractivity contribution in [2.45, 2.75) is 65.0 Å². The molecule has 1 aromatic rings. The second-order valence-electron chi connectivity index (χ2n) is 7.98. The van der Waals surface area contributed by atoms with Crippen molar-refractivity contribution in [1.82, 2.24) is 5.32 Å². The highest BCUT2D eigenvalue weighted by molar-refractivity contribution is 7.62. The van der Waals surface area contributed by atoms with Gasteiger partial charge in [0.05, 0.1) is 18.5 Å². The number of aryl methyl sites for hydroxylation is 1. The number of hydrogen-bond acceptors (Lipinski definition) is 6. The summed E-state index contributed by atoms with van der Waals surface area (Å²) in [5, 5.41) is 12.8. The van der Waals surface area contributed by atoms with Gasteiger partial charge in [-0.2, -0.15) is 0 Å². The summed E-state index contributed by atoms with van der Waals surface area (Å²) in [5.41, 5.74) is -0.561. The number of alkyl carbamates (subject to hydrolysis) is 1. The van der Waals surface area contributed by atoms with Gasteiger partial charge in [-0.1, -0.05) is 6.07 Å². The molecule has 0 saturated heterocycles. The molecule has 0 heterocycles. The predicted molar refractivity (Wildman–Crippen MR) is 109 cm³/mol. The van der Waals surface area contributed by atoms with Gasteiger partial charge in [-0.05, 0) is 70.7 Å². The van der Waals surface area contributed by atoms with Crippen molar-refractivity contribution in [2.24, 2.45) is 0 Å². The highest BCUT2D eigenvalue weighted by Crippen LogP contribution is 2.47. The van der Waals surface area contributed by atoms with E-state index in [1.807, 2.05) is 0 Å². The highest BCUT2D eigenvalue weighted by Gasteiger charge is 2.44. The number of fused-ring (bicyclic) bond motifs is 1. The maximum atomic E-state index is 13.0. The van der Waals surface area contributed by atoms with E-state index in [1.165, 1.54) is 0 Å². The van der Waals surface area contributed by atoms with Gasteiger partial charge in [-0.25, -0.2) is 9.59 Å². The minimum atomic E-state index is -3.42. The zero-order valence-corrected chi connectivity index (χ0v) is 18.5. The first-order chi connectivity index (χ1) is 13.4. The summed E-state index contributed by atoms with van der Waals surface area (Å²) < 4.78 is 29.0. The Balaban J connectivity index is 2.30. The van der Waals surface area contributed by atoms with E-state index in [9.17, 15) is 19.3 Å². The lowest BCUT2D eigenvalue weighted by Gasteiger charge is -2.36. The van der Waals surface area contributed by atoms with Gasteiger partial charge in [0.15, 0.2) is 0 Å². The van der Waals surface area contributed by atoms with Gasteiger partial charge in [0.2, 0.25) is 0 Å². The Morgan fingerprint density at radius 3 is 2.31 bits per heavy atom. The van der Waals surface area contributed by atoms with Crippen molar-refractivity contribution >= 4 is 25.0 Å². The highest BCUT2D eigenvalue weighted by atomic mass is 31.2. The number of rotatable bonds is 7. The van der Waals surface area contributed by atoms with E-state index in [-0.39, 0.29) is 26.1 Å². The summed E-state index contributed by atoms with van der Waals surface area (Å²) in [4.78, 5) is 24.2. The van der Waals surface area contributed by atoms with Crippen LogP contribution >= 0.6 is 7.60 Å². The van der Waals surface area contributed by atoms with Crippen LogP contribution in [0.3, 0.4) is 0 Å². The van der Waals surface area contributed by atoms with Gasteiger partial charge in [-0.3, -0.25) is 4.57 Å². The first-order valence-electron chi connectivity index (χ1n) is 9.71. The molecular formula is C20H30NO7P. The Morgan fingerprint density at radius 2 is 1.79 bits per heavy atom. The molecule has 0 aliphatic heterocycles. The SMILES string of the molecule is CCOP(=O)(OCC)c1ccc2c(c1)CC[C@@](NC(=O)OC(C)(C)C)(C(=O)O)C2. The van der Waals surface area contributed by atoms with Crippen molar-refractivity contribution in [2.75, 3.05) is 13.2 Å². The van der Waals surface area contributed by atoms with Crippen LogP contribution in [-0.4, -0.2) is 41.5 Å². The van der Waals surface area contributed by atoms with E-state index in [2.05, 4.69) is 5.32 Å². The van der Waals surface area contributed by atoms with Crippen LogP contribution in [0.5, 0.6) is 0 Å². The molecule has 1 atom stereocenters. The molecule has 0 aromatic heterocycles. The van der Waals surface area contributed by atoms with E-state index in [0.29, 0.717) is 11.7 Å². The average molecular weight is 427 g/mol. The molecule has 29 heavy (non-hydrogen) atoms. The maximum Gasteiger partial charge on any atom is 0.408 e. The number of nitrogens with one attached hydrogen (secondary N) is 1. The minimum Gasteiger partial charge on any atom is -0.479 e. The molecule has 0 saturated carbocycles. The quantitative estimate of drug-likeness (QED) is 0.642. The smallest absolute Gasteiger partial charge is 0.408 e. The number of carboxylic acids is 1. The number of carbonyl (C=O) groups excluding carboxylic acids is 1. The van der Waals surface area contributed by atoms with Gasteiger partial charge in [-0.15, -0.1) is 0 Å². The van der Waals surface area contributed by atoms with Crippen molar-refractivity contribution in [3.05, 3.63) is 29.3 Å². The summed E-state index contributed by atoms with van der Waals surface area (Å²) in [7, 11) is -3.42. The molecule has 9 heteroatoms. The summed E-state index contributed by atoms with van der Waals surface area (Å²) in [6.07, 6.45) is -0.0861. The lowest BCUT2D eigenvalue weighted by atomic mass is 9.78. The Hall–Kier alpha value is -1.89. The van der Waals surface area contributed by atoms with Crippen LogP contribution in [0.2, 0.25) is 0 Å². The first-order valence-corrected chi connectivity index (χ1v) is 11.2. The van der Waals surface area contributed by atoms with Crippen LogP contribution in [0.1, 0.15) is 52.2 Å². The van der Waals surface area contributed by atoms with Crippen LogP contribution in [0.4, 0.5) is 4.79 Å². The number of benzene rings is 1. The fourth-order valence-electron chi connectivity index (χ4n) is 3.32. The largest absolute Gasteiger partial charge is 0.479 e. The lowest BCUT2D eigenvalue weighted by Crippen LogP contribution is -2.58. The van der Waals surface area contributed by atoms with E-state index in [4.69, 9.17) is 13.8 Å². The number of amides is 1. The fourth-order valence-corrected chi connectivity index (χ4v) is 4.94. The number of carbonyl (C=O) groups is 2. The van der Waals surface area contributed by atoms with Crippen LogP contribution in [0, 0.1) is 0 Å². The first kappa shape index (κ1) is 23.4. The lowest BCUT2D eigenvalue weighted by molar-refractivity contribution is -0.145. The van der Waals surface area contributed by atoms with Crippen LogP contribution < -0.4 is 10.6 Å². The van der Waals surface area contributed by atoms with E-state index in [1.54, 1.807) is 52.8 Å². The summed E-state index contributed by atoms with van der Waals surface area (Å²) in [6.45, 7) is 9.13. The number of carboxylic acid groups (broad SMARTS) is 1. The molecule has 162 valence electrons. The van der Waals surface area contributed by atoms with Gasteiger partial charge in [0.25, 0.3) is 0 Å². The summed E-state index contributed by atoms with van der Waals surface area (Å²) >= 11 is 0. The van der Waals surface area contributed by atoms with Crippen molar-refractivity contribution < 1.29 is 33.0 Å². The van der Waals surface area contributed by atoms with E-state index < -0.39 is 30.8 Å². The van der Waals surface area contributed by atoms with E-state index >= 15 is 0 Å². The molecule has 0 fully saturated rings. The van der Waals surface area contributed by atoms with Crippen molar-refractivity contribution in [3.63, 3.8) is 0 Å². The van der Waals surface area contributed by atoms with Gasteiger partial charge < -0.3 is 24.2 Å². The number of ether oxygens (including phenoxy) is 1. The summed E-state index contributed by atoms with van der Waals surface area (Å²) in [5.74, 6) is -1.12. The molecule has 0 radical (unpaired) electrons. The molecule has 0 unspecified atom stereocenters. The predicted octanol–water partition coefficient (Wildman–Crippen LogP) is 3.41. The Bertz CT molecular complexity index is 808. The van der Waals surface area contributed by atoms with Gasteiger partial charge in [0, 0.05) is 6.42 Å². The normalized spacial score (nSPS) is 19.3. The van der Waals surface area contributed by atoms with Crippen molar-refractivity contribution in [3.8, 4) is 0 Å². The second-order valence-corrected chi connectivity index (χ2v) is 10.0. The van der Waals surface area contributed by atoms with Crippen LogP contribution in [-0.2, 0) is 36.0 Å². The van der Waals surface area contributed by atoms with Crippen LogP contribution in [0.15, 0.2) is 18.2 Å². The number of aliphatic carboxylic acids is 1. The topological polar surface area (TPSA) is 111 Å². The third-order valence-corrected chi connectivity index (χ3v) is 6.67. The van der Waals surface area contributed by atoms with Gasteiger partial charge in [0.1, 0.15) is 11.1 Å². The standard InChI is InChI=1S/C20H30NO7P/c1-6-26-29(25,27-7-2)16-9-8-15-13-20(17(22)23,11-10-14(15)12-16)21-18(24)28-19(3,4)5/h8-9,12H,6-7,10-11,13H2,1-5H3,(H,21,24)(H,22,23)/t20-/m0/s1. The molecule has 0 bridgehead atoms. The second kappa shape index (κ2) is 8.86. The number of hydrogen-bond donors (Lipinski definition) is 2. The molecule has 8 nitrogen and oxygen atoms in total.